The number of ketones is 1. The Kier molecular flexibility index (Phi) is 1.83. The van der Waals surface area contributed by atoms with Crippen LogP contribution in [-0.2, 0) is 0 Å². The Bertz CT molecular complexity index is 859. The van der Waals surface area contributed by atoms with Crippen molar-refractivity contribution in [3.8, 4) is 5.69 Å². The van der Waals surface area contributed by atoms with Gasteiger partial charge in [0, 0.05) is 5.56 Å². The average Bonchev–Trinajstić information content (AvgIpc) is 2.89. The molecule has 0 saturated carbocycles. The van der Waals surface area contributed by atoms with Gasteiger partial charge in [-0.05, 0) is 49.2 Å². The number of para-hydroxylation sites is 1. The second-order valence-electron chi connectivity index (χ2n) is 5.04. The van der Waals surface area contributed by atoms with Crippen LogP contribution in [0.2, 0.25) is 0 Å². The molecule has 0 atom stereocenters. The van der Waals surface area contributed by atoms with E-state index in [-0.39, 0.29) is 5.78 Å². The zero-order chi connectivity index (χ0) is 13.1. The highest BCUT2D eigenvalue weighted by Gasteiger charge is 2.29. The third-order valence-electron chi connectivity index (χ3n) is 3.86. The Hall–Kier alpha value is -2.42. The molecule has 0 radical (unpaired) electrons. The molecule has 3 nitrogen and oxygen atoms in total. The number of rotatable bonds is 0. The summed E-state index contributed by atoms with van der Waals surface area (Å²) in [6, 6.07) is 11.8. The molecule has 0 N–H and O–H groups in total. The topological polar surface area (TPSA) is 34.9 Å². The lowest BCUT2D eigenvalue weighted by Gasteiger charge is -2.04. The summed E-state index contributed by atoms with van der Waals surface area (Å²) in [5.74, 6) is 0.545. The molecule has 0 saturated heterocycles. The maximum atomic E-state index is 12.3. The Morgan fingerprint density at radius 2 is 1.79 bits per heavy atom. The van der Waals surface area contributed by atoms with Crippen molar-refractivity contribution in [1.29, 1.82) is 0 Å². The summed E-state index contributed by atoms with van der Waals surface area (Å²) >= 11 is 0. The lowest BCUT2D eigenvalue weighted by atomic mass is 10.1. The lowest BCUT2D eigenvalue weighted by molar-refractivity contribution is 0.103. The number of hydrogen-bond donors (Lipinski definition) is 0. The summed E-state index contributed by atoms with van der Waals surface area (Å²) in [5.41, 5.74) is 5.99. The number of imidazole rings is 1. The number of hydrogen-bond acceptors (Lipinski definition) is 2. The van der Waals surface area contributed by atoms with E-state index >= 15 is 0 Å². The Balaban J connectivity index is 2.17. The van der Waals surface area contributed by atoms with Gasteiger partial charge >= 0.3 is 0 Å². The molecule has 0 amide bonds. The molecule has 0 bridgehead atoms. The molecule has 0 aliphatic carbocycles. The monoisotopic (exact) mass is 248 g/mol. The van der Waals surface area contributed by atoms with Crippen molar-refractivity contribution < 1.29 is 4.79 Å². The lowest BCUT2D eigenvalue weighted by Crippen LogP contribution is -1.97. The Morgan fingerprint density at radius 3 is 2.63 bits per heavy atom. The zero-order valence-corrected chi connectivity index (χ0v) is 10.8. The van der Waals surface area contributed by atoms with Crippen molar-refractivity contribution in [3.63, 3.8) is 0 Å². The predicted octanol–water partition coefficient (Wildman–Crippen LogP) is 3.19. The average molecular weight is 248 g/mol. The largest absolute Gasteiger partial charge is 0.289 e. The van der Waals surface area contributed by atoms with E-state index in [0.717, 1.165) is 22.3 Å². The summed E-state index contributed by atoms with van der Waals surface area (Å²) in [6.07, 6.45) is 0. The summed E-state index contributed by atoms with van der Waals surface area (Å²) < 4.78 is 1.97. The number of carbonyl (C=O) groups excluding carboxylic acids is 1. The van der Waals surface area contributed by atoms with E-state index < -0.39 is 0 Å². The number of fused-ring (bicyclic) bond motifs is 5. The normalized spacial score (nSPS) is 12.8. The Morgan fingerprint density at radius 1 is 1.05 bits per heavy atom. The third-order valence-corrected chi connectivity index (χ3v) is 3.86. The molecule has 19 heavy (non-hydrogen) atoms. The molecule has 92 valence electrons. The van der Waals surface area contributed by atoms with E-state index in [9.17, 15) is 4.79 Å². The molecule has 2 heterocycles. The first-order valence-electron chi connectivity index (χ1n) is 6.30. The van der Waals surface area contributed by atoms with E-state index in [2.05, 4.69) is 24.9 Å². The maximum Gasteiger partial charge on any atom is 0.230 e. The molecular formula is C16H12N2O. The van der Waals surface area contributed by atoms with E-state index in [1.54, 1.807) is 0 Å². The van der Waals surface area contributed by atoms with Gasteiger partial charge in [0.25, 0.3) is 0 Å². The van der Waals surface area contributed by atoms with Crippen LogP contribution in [0, 0.1) is 13.8 Å². The first kappa shape index (κ1) is 10.5. The summed E-state index contributed by atoms with van der Waals surface area (Å²) in [7, 11) is 0. The van der Waals surface area contributed by atoms with Crippen LogP contribution in [0.4, 0.5) is 0 Å². The highest BCUT2D eigenvalue weighted by molar-refractivity contribution is 6.14. The quantitative estimate of drug-likeness (QED) is 0.479. The fourth-order valence-electron chi connectivity index (χ4n) is 2.71. The SMILES string of the molecule is Cc1cc2nc3n(c2cc1C)-c1ccccc1C3=O. The molecule has 2 aromatic carbocycles. The number of nitrogens with zero attached hydrogens (tertiary/aromatic N) is 2. The van der Waals surface area contributed by atoms with Crippen molar-refractivity contribution in [1.82, 2.24) is 9.55 Å². The van der Waals surface area contributed by atoms with Gasteiger partial charge in [-0.3, -0.25) is 9.36 Å². The number of benzene rings is 2. The molecule has 3 heteroatoms. The van der Waals surface area contributed by atoms with Crippen LogP contribution in [-0.4, -0.2) is 15.3 Å². The number of carbonyl (C=O) groups is 1. The maximum absolute atomic E-state index is 12.3. The first-order valence-corrected chi connectivity index (χ1v) is 6.30. The third kappa shape index (κ3) is 1.22. The van der Waals surface area contributed by atoms with Crippen LogP contribution in [0.3, 0.4) is 0 Å². The highest BCUT2D eigenvalue weighted by atomic mass is 16.1. The van der Waals surface area contributed by atoms with Crippen LogP contribution >= 0.6 is 0 Å². The molecule has 0 fully saturated rings. The van der Waals surface area contributed by atoms with Gasteiger partial charge in [-0.1, -0.05) is 12.1 Å². The molecule has 1 aliphatic rings. The molecular weight excluding hydrogens is 236 g/mol. The predicted molar refractivity (Wildman–Crippen MR) is 74.0 cm³/mol. The zero-order valence-electron chi connectivity index (χ0n) is 10.8. The fraction of sp³-hybridized carbons (Fsp3) is 0.125. The second-order valence-corrected chi connectivity index (χ2v) is 5.04. The van der Waals surface area contributed by atoms with Gasteiger partial charge < -0.3 is 0 Å². The minimum Gasteiger partial charge on any atom is -0.289 e. The van der Waals surface area contributed by atoms with Gasteiger partial charge in [-0.15, -0.1) is 0 Å². The minimum absolute atomic E-state index is 0.0158. The summed E-state index contributed by atoms with van der Waals surface area (Å²) in [6.45, 7) is 4.15. The van der Waals surface area contributed by atoms with Crippen LogP contribution in [0.25, 0.3) is 16.7 Å². The number of aryl methyl sites for hydroxylation is 2. The number of aromatic nitrogens is 2. The van der Waals surface area contributed by atoms with E-state index in [4.69, 9.17) is 0 Å². The molecule has 3 aromatic rings. The van der Waals surface area contributed by atoms with Crippen molar-refractivity contribution in [2.45, 2.75) is 13.8 Å². The van der Waals surface area contributed by atoms with Gasteiger partial charge in [0.2, 0.25) is 5.78 Å². The fourth-order valence-corrected chi connectivity index (χ4v) is 2.71. The van der Waals surface area contributed by atoms with Crippen molar-refractivity contribution >= 4 is 16.8 Å². The molecule has 1 aliphatic heterocycles. The molecule has 4 rings (SSSR count). The highest BCUT2D eigenvalue weighted by Crippen LogP contribution is 2.32. The first-order chi connectivity index (χ1) is 9.16. The van der Waals surface area contributed by atoms with Gasteiger partial charge in [0.05, 0.1) is 16.7 Å². The summed E-state index contributed by atoms with van der Waals surface area (Å²) in [4.78, 5) is 16.8. The second kappa shape index (κ2) is 3.32. The van der Waals surface area contributed by atoms with Crippen LogP contribution < -0.4 is 0 Å². The van der Waals surface area contributed by atoms with Gasteiger partial charge in [-0.2, -0.15) is 0 Å². The Labute approximate surface area is 110 Å². The van der Waals surface area contributed by atoms with E-state index in [1.807, 2.05) is 34.9 Å². The molecule has 0 unspecified atom stereocenters. The summed E-state index contributed by atoms with van der Waals surface area (Å²) in [5, 5.41) is 0. The van der Waals surface area contributed by atoms with Crippen LogP contribution in [0.1, 0.15) is 27.3 Å². The van der Waals surface area contributed by atoms with Crippen molar-refractivity contribution in [2.75, 3.05) is 0 Å². The van der Waals surface area contributed by atoms with Crippen LogP contribution in [0.15, 0.2) is 36.4 Å². The molecule has 1 aromatic heterocycles. The minimum atomic E-state index is 0.0158. The van der Waals surface area contributed by atoms with E-state index in [0.29, 0.717) is 5.82 Å². The van der Waals surface area contributed by atoms with Crippen LogP contribution in [0.5, 0.6) is 0 Å². The molecule has 0 spiro atoms. The van der Waals surface area contributed by atoms with Crippen molar-refractivity contribution in [3.05, 3.63) is 58.9 Å². The van der Waals surface area contributed by atoms with Gasteiger partial charge in [-0.25, -0.2) is 4.98 Å². The van der Waals surface area contributed by atoms with Gasteiger partial charge in [0.15, 0.2) is 5.82 Å². The standard InChI is InChI=1S/C16H12N2O/c1-9-7-12-14(8-10(9)2)18-13-6-4-3-5-11(13)15(19)16(18)17-12/h3-8H,1-2H3. The van der Waals surface area contributed by atoms with Crippen molar-refractivity contribution in [2.24, 2.45) is 0 Å². The van der Waals surface area contributed by atoms with Gasteiger partial charge in [0.1, 0.15) is 0 Å². The van der Waals surface area contributed by atoms with E-state index in [1.165, 1.54) is 11.1 Å². The smallest absolute Gasteiger partial charge is 0.230 e.